The summed E-state index contributed by atoms with van der Waals surface area (Å²) in [5.41, 5.74) is -0.378. The Morgan fingerprint density at radius 1 is 1.43 bits per heavy atom. The highest BCUT2D eigenvalue weighted by Crippen LogP contribution is 2.23. The minimum atomic E-state index is -4.39. The molecule has 0 aliphatic heterocycles. The van der Waals surface area contributed by atoms with Gasteiger partial charge in [0.1, 0.15) is 11.5 Å². The van der Waals surface area contributed by atoms with Crippen LogP contribution in [0.25, 0.3) is 0 Å². The van der Waals surface area contributed by atoms with Crippen LogP contribution in [0.15, 0.2) is 28.9 Å². The van der Waals surface area contributed by atoms with Crippen molar-refractivity contribution in [3.8, 4) is 0 Å². The lowest BCUT2D eigenvalue weighted by atomic mass is 10.3. The molecule has 0 aromatic heterocycles. The summed E-state index contributed by atoms with van der Waals surface area (Å²) < 4.78 is 36.8. The number of rotatable bonds is 2. The number of nitrogens with one attached hydrogen (secondary N) is 1. The number of amidine groups is 1. The molecular formula is C9H13F3N2. The van der Waals surface area contributed by atoms with E-state index in [1.165, 1.54) is 14.0 Å². The maximum Gasteiger partial charge on any atom is 0.430 e. The van der Waals surface area contributed by atoms with Gasteiger partial charge in [-0.3, -0.25) is 4.99 Å². The minimum Gasteiger partial charge on any atom is -0.337 e. The molecule has 0 fully saturated rings. The molecule has 0 spiro atoms. The summed E-state index contributed by atoms with van der Waals surface area (Å²) in [5, 5.41) is 2.18. The van der Waals surface area contributed by atoms with Crippen LogP contribution in [0, 0.1) is 0 Å². The van der Waals surface area contributed by atoms with E-state index in [2.05, 4.69) is 16.9 Å². The second-order valence-corrected chi connectivity index (χ2v) is 2.68. The third-order valence-electron chi connectivity index (χ3n) is 1.48. The largest absolute Gasteiger partial charge is 0.430 e. The molecule has 14 heavy (non-hydrogen) atoms. The zero-order valence-corrected chi connectivity index (χ0v) is 8.37. The molecule has 0 atom stereocenters. The molecule has 0 rings (SSSR count). The molecule has 0 aliphatic rings. The topological polar surface area (TPSA) is 24.4 Å². The first-order valence-electron chi connectivity index (χ1n) is 3.96. The second kappa shape index (κ2) is 4.83. The van der Waals surface area contributed by atoms with Crippen LogP contribution in [0.3, 0.4) is 0 Å². The van der Waals surface area contributed by atoms with Gasteiger partial charge in [0, 0.05) is 7.05 Å². The van der Waals surface area contributed by atoms with Crippen LogP contribution in [-0.2, 0) is 0 Å². The monoisotopic (exact) mass is 206 g/mol. The number of halogens is 3. The van der Waals surface area contributed by atoms with Crippen molar-refractivity contribution in [3.05, 3.63) is 23.9 Å². The Kier molecular flexibility index (Phi) is 4.40. The van der Waals surface area contributed by atoms with E-state index < -0.39 is 11.9 Å². The lowest BCUT2D eigenvalue weighted by molar-refractivity contribution is -0.0949. The summed E-state index contributed by atoms with van der Waals surface area (Å²) >= 11 is 0. The summed E-state index contributed by atoms with van der Waals surface area (Å²) in [4.78, 5) is 3.65. The first kappa shape index (κ1) is 12.7. The summed E-state index contributed by atoms with van der Waals surface area (Å²) in [6, 6.07) is 0. The molecule has 0 saturated carbocycles. The SMILES string of the molecule is C=C(C)C(=NC)N/C(=C\C)C(F)(F)F. The zero-order valence-electron chi connectivity index (χ0n) is 8.37. The van der Waals surface area contributed by atoms with Crippen LogP contribution in [0.1, 0.15) is 13.8 Å². The Morgan fingerprint density at radius 2 is 1.93 bits per heavy atom. The number of alkyl halides is 3. The molecule has 0 bridgehead atoms. The van der Waals surface area contributed by atoms with Gasteiger partial charge in [0.25, 0.3) is 0 Å². The first-order chi connectivity index (χ1) is 6.32. The van der Waals surface area contributed by atoms with Gasteiger partial charge in [-0.2, -0.15) is 13.2 Å². The Labute approximate surface area is 81.2 Å². The maximum absolute atomic E-state index is 12.3. The summed E-state index contributed by atoms with van der Waals surface area (Å²) in [6.45, 7) is 6.40. The second-order valence-electron chi connectivity index (χ2n) is 2.68. The van der Waals surface area contributed by atoms with Crippen LogP contribution < -0.4 is 5.32 Å². The van der Waals surface area contributed by atoms with Crippen molar-refractivity contribution < 1.29 is 13.2 Å². The van der Waals surface area contributed by atoms with E-state index in [1.54, 1.807) is 6.92 Å². The summed E-state index contributed by atoms with van der Waals surface area (Å²) in [5.74, 6) is 0.135. The predicted molar refractivity (Wildman–Crippen MR) is 51.1 cm³/mol. The van der Waals surface area contributed by atoms with E-state index in [0.29, 0.717) is 5.57 Å². The molecule has 80 valence electrons. The molecular weight excluding hydrogens is 193 g/mol. The molecule has 0 aliphatic carbocycles. The number of allylic oxidation sites excluding steroid dienone is 2. The van der Waals surface area contributed by atoms with Crippen molar-refractivity contribution in [1.82, 2.24) is 5.32 Å². The smallest absolute Gasteiger partial charge is 0.337 e. The standard InChI is InChI=1S/C9H13F3N2/c1-5-7(9(10,11)12)14-8(13-4)6(2)3/h5H,2H2,1,3-4H3,(H,13,14)/b7-5-. The van der Waals surface area contributed by atoms with Crippen molar-refractivity contribution in [3.63, 3.8) is 0 Å². The van der Waals surface area contributed by atoms with Crippen LogP contribution in [0.5, 0.6) is 0 Å². The predicted octanol–water partition coefficient (Wildman–Crippen LogP) is 2.65. The van der Waals surface area contributed by atoms with E-state index in [0.717, 1.165) is 6.08 Å². The van der Waals surface area contributed by atoms with Gasteiger partial charge in [-0.15, -0.1) is 0 Å². The summed E-state index contributed by atoms with van der Waals surface area (Å²) in [7, 11) is 1.40. The molecule has 0 radical (unpaired) electrons. The molecule has 0 saturated heterocycles. The Bertz CT molecular complexity index is 274. The van der Waals surface area contributed by atoms with Crippen molar-refractivity contribution in [1.29, 1.82) is 0 Å². The molecule has 5 heteroatoms. The van der Waals surface area contributed by atoms with Crippen LogP contribution in [-0.4, -0.2) is 19.1 Å². The fraction of sp³-hybridized carbons (Fsp3) is 0.444. The molecule has 0 unspecified atom stereocenters. The average molecular weight is 206 g/mol. The van der Waals surface area contributed by atoms with Gasteiger partial charge in [-0.1, -0.05) is 12.7 Å². The van der Waals surface area contributed by atoms with Crippen molar-refractivity contribution in [2.75, 3.05) is 7.05 Å². The normalized spacial score (nSPS) is 14.1. The molecule has 0 heterocycles. The van der Waals surface area contributed by atoms with Gasteiger partial charge in [0.2, 0.25) is 0 Å². The maximum atomic E-state index is 12.3. The third-order valence-corrected chi connectivity index (χ3v) is 1.48. The van der Waals surface area contributed by atoms with Gasteiger partial charge in [-0.25, -0.2) is 0 Å². The minimum absolute atomic E-state index is 0.135. The van der Waals surface area contributed by atoms with Crippen molar-refractivity contribution >= 4 is 5.84 Å². The molecule has 0 amide bonds. The average Bonchev–Trinajstić information content (AvgIpc) is 2.03. The van der Waals surface area contributed by atoms with Crippen LogP contribution in [0.2, 0.25) is 0 Å². The van der Waals surface area contributed by atoms with Crippen LogP contribution >= 0.6 is 0 Å². The van der Waals surface area contributed by atoms with E-state index in [4.69, 9.17) is 0 Å². The highest BCUT2D eigenvalue weighted by molar-refractivity contribution is 5.98. The molecule has 1 N–H and O–H groups in total. The number of aliphatic imine (C=N–C) groups is 1. The molecule has 2 nitrogen and oxygen atoms in total. The van der Waals surface area contributed by atoms with E-state index in [1.807, 2.05) is 0 Å². The number of hydrogen-bond acceptors (Lipinski definition) is 1. The van der Waals surface area contributed by atoms with Crippen LogP contribution in [0.4, 0.5) is 13.2 Å². The first-order valence-corrected chi connectivity index (χ1v) is 3.96. The zero-order chi connectivity index (χ0) is 11.4. The van der Waals surface area contributed by atoms with Gasteiger partial charge in [-0.05, 0) is 19.4 Å². The molecule has 0 aromatic rings. The van der Waals surface area contributed by atoms with E-state index in [-0.39, 0.29) is 5.84 Å². The van der Waals surface area contributed by atoms with Crippen molar-refractivity contribution in [2.45, 2.75) is 20.0 Å². The summed E-state index contributed by atoms with van der Waals surface area (Å²) in [6.07, 6.45) is -3.44. The number of nitrogens with zero attached hydrogens (tertiary/aromatic N) is 1. The quantitative estimate of drug-likeness (QED) is 0.545. The van der Waals surface area contributed by atoms with E-state index in [9.17, 15) is 13.2 Å². The van der Waals surface area contributed by atoms with Gasteiger partial charge < -0.3 is 5.32 Å². The lowest BCUT2D eigenvalue weighted by Gasteiger charge is -2.15. The Hall–Kier alpha value is -1.26. The van der Waals surface area contributed by atoms with E-state index >= 15 is 0 Å². The van der Waals surface area contributed by atoms with Gasteiger partial charge in [0.15, 0.2) is 0 Å². The van der Waals surface area contributed by atoms with Gasteiger partial charge >= 0.3 is 6.18 Å². The number of hydrogen-bond donors (Lipinski definition) is 1. The highest BCUT2D eigenvalue weighted by atomic mass is 19.4. The Morgan fingerprint density at radius 3 is 2.14 bits per heavy atom. The van der Waals surface area contributed by atoms with Gasteiger partial charge in [0.05, 0.1) is 0 Å². The highest BCUT2D eigenvalue weighted by Gasteiger charge is 2.33. The Balaban J connectivity index is 4.74. The molecule has 0 aromatic carbocycles. The fourth-order valence-electron chi connectivity index (χ4n) is 0.788. The third kappa shape index (κ3) is 3.64. The lowest BCUT2D eigenvalue weighted by Crippen LogP contribution is -2.31. The fourth-order valence-corrected chi connectivity index (χ4v) is 0.788. The van der Waals surface area contributed by atoms with Crippen molar-refractivity contribution in [2.24, 2.45) is 4.99 Å².